The first-order valence-corrected chi connectivity index (χ1v) is 10.9. The van der Waals surface area contributed by atoms with Gasteiger partial charge in [-0.1, -0.05) is 76.6 Å². The number of fused-ring (bicyclic) bond motifs is 3. The van der Waals surface area contributed by atoms with Crippen LogP contribution in [-0.4, -0.2) is 29.8 Å². The molecule has 1 aliphatic carbocycles. The van der Waals surface area contributed by atoms with Crippen LogP contribution < -0.4 is 5.32 Å². The standard InChI is InChI=1S/C25H22BrNO4/c26-17-11-9-16(10-12-17)13-18(14-24(28)29)27-25(30)31-15-23-21-7-3-1-5-19(21)20-6-2-4-8-22(20)23/h1-12,18,23H,13-15H2,(H,27,30)(H,28,29)/t18-/m1/s1. The summed E-state index contributed by atoms with van der Waals surface area (Å²) in [7, 11) is 0. The molecule has 3 aromatic carbocycles. The number of rotatable bonds is 7. The molecule has 31 heavy (non-hydrogen) atoms. The van der Waals surface area contributed by atoms with Gasteiger partial charge in [-0.3, -0.25) is 4.79 Å². The van der Waals surface area contributed by atoms with Crippen molar-refractivity contribution < 1.29 is 19.4 Å². The van der Waals surface area contributed by atoms with Crippen molar-refractivity contribution in [2.24, 2.45) is 0 Å². The molecule has 158 valence electrons. The van der Waals surface area contributed by atoms with Crippen molar-refractivity contribution in [3.8, 4) is 11.1 Å². The predicted molar refractivity (Wildman–Crippen MR) is 122 cm³/mol. The van der Waals surface area contributed by atoms with E-state index in [2.05, 4.69) is 45.5 Å². The lowest BCUT2D eigenvalue weighted by Gasteiger charge is -2.19. The van der Waals surface area contributed by atoms with Crippen LogP contribution in [0.2, 0.25) is 0 Å². The largest absolute Gasteiger partial charge is 0.481 e. The van der Waals surface area contributed by atoms with Crippen LogP contribution in [0.4, 0.5) is 4.79 Å². The number of ether oxygens (including phenoxy) is 1. The van der Waals surface area contributed by atoms with Gasteiger partial charge in [-0.05, 0) is 46.4 Å². The second kappa shape index (κ2) is 9.35. The molecular formula is C25H22BrNO4. The molecule has 6 heteroatoms. The summed E-state index contributed by atoms with van der Waals surface area (Å²) in [6.45, 7) is 0.192. The zero-order chi connectivity index (χ0) is 21.8. The Hall–Kier alpha value is -3.12. The molecule has 0 saturated heterocycles. The summed E-state index contributed by atoms with van der Waals surface area (Å²) in [6.07, 6.45) is -0.380. The molecule has 0 radical (unpaired) electrons. The highest BCUT2D eigenvalue weighted by Gasteiger charge is 2.29. The van der Waals surface area contributed by atoms with Gasteiger partial charge in [0.25, 0.3) is 0 Å². The number of hydrogen-bond acceptors (Lipinski definition) is 3. The average Bonchev–Trinajstić information content (AvgIpc) is 3.07. The number of hydrogen-bond donors (Lipinski definition) is 2. The van der Waals surface area contributed by atoms with Crippen LogP contribution in [0.5, 0.6) is 0 Å². The summed E-state index contributed by atoms with van der Waals surface area (Å²) < 4.78 is 6.50. The monoisotopic (exact) mass is 479 g/mol. The average molecular weight is 480 g/mol. The van der Waals surface area contributed by atoms with E-state index in [1.807, 2.05) is 48.5 Å². The maximum absolute atomic E-state index is 12.5. The fourth-order valence-corrected chi connectivity index (χ4v) is 4.36. The van der Waals surface area contributed by atoms with Gasteiger partial charge < -0.3 is 15.2 Å². The SMILES string of the molecule is O=C(O)C[C@@H](Cc1ccc(Br)cc1)NC(=O)OCC1c2ccccc2-c2ccccc21. The van der Waals surface area contributed by atoms with Gasteiger partial charge in [-0.15, -0.1) is 0 Å². The highest BCUT2D eigenvalue weighted by Crippen LogP contribution is 2.44. The lowest BCUT2D eigenvalue weighted by Crippen LogP contribution is -2.39. The quantitative estimate of drug-likeness (QED) is 0.477. The van der Waals surface area contributed by atoms with Crippen LogP contribution in [-0.2, 0) is 16.0 Å². The fraction of sp³-hybridized carbons (Fsp3) is 0.200. The Morgan fingerprint density at radius 2 is 1.52 bits per heavy atom. The fourth-order valence-electron chi connectivity index (χ4n) is 4.10. The van der Waals surface area contributed by atoms with E-state index in [-0.39, 0.29) is 18.9 Å². The molecule has 0 heterocycles. The second-order valence-corrected chi connectivity index (χ2v) is 8.51. The van der Waals surface area contributed by atoms with E-state index in [4.69, 9.17) is 4.74 Å². The Kier molecular flexibility index (Phi) is 6.37. The number of halogens is 1. The second-order valence-electron chi connectivity index (χ2n) is 7.60. The van der Waals surface area contributed by atoms with Crippen LogP contribution in [0.3, 0.4) is 0 Å². The first-order valence-electron chi connectivity index (χ1n) is 10.1. The molecule has 0 spiro atoms. The maximum atomic E-state index is 12.5. The van der Waals surface area contributed by atoms with Crippen LogP contribution in [0.15, 0.2) is 77.3 Å². The maximum Gasteiger partial charge on any atom is 0.407 e. The van der Waals surface area contributed by atoms with Crippen LogP contribution in [0, 0.1) is 0 Å². The number of benzene rings is 3. The van der Waals surface area contributed by atoms with E-state index in [1.165, 1.54) is 0 Å². The van der Waals surface area contributed by atoms with Gasteiger partial charge in [-0.25, -0.2) is 4.79 Å². The van der Waals surface area contributed by atoms with E-state index in [0.717, 1.165) is 32.3 Å². The molecule has 4 rings (SSSR count). The van der Waals surface area contributed by atoms with Gasteiger partial charge in [0, 0.05) is 16.4 Å². The molecule has 0 fully saturated rings. The van der Waals surface area contributed by atoms with E-state index >= 15 is 0 Å². The molecule has 3 aromatic rings. The van der Waals surface area contributed by atoms with Crippen molar-refractivity contribution in [3.05, 3.63) is 94.0 Å². The zero-order valence-corrected chi connectivity index (χ0v) is 18.3. The highest BCUT2D eigenvalue weighted by atomic mass is 79.9. The third-order valence-electron chi connectivity index (χ3n) is 5.48. The van der Waals surface area contributed by atoms with Gasteiger partial charge in [0.15, 0.2) is 0 Å². The predicted octanol–water partition coefficient (Wildman–Crippen LogP) is 5.37. The summed E-state index contributed by atoms with van der Waals surface area (Å²) in [5.74, 6) is -1.01. The summed E-state index contributed by atoms with van der Waals surface area (Å²) >= 11 is 3.38. The first kappa shape index (κ1) is 21.1. The molecule has 2 N–H and O–H groups in total. The van der Waals surface area contributed by atoms with Crippen molar-refractivity contribution >= 4 is 28.0 Å². The van der Waals surface area contributed by atoms with E-state index in [1.54, 1.807) is 0 Å². The minimum atomic E-state index is -0.971. The molecule has 1 atom stereocenters. The Labute approximate surface area is 189 Å². The number of carboxylic acids is 1. The summed E-state index contributed by atoms with van der Waals surface area (Å²) in [6, 6.07) is 23.3. The lowest BCUT2D eigenvalue weighted by molar-refractivity contribution is -0.137. The molecular weight excluding hydrogens is 458 g/mol. The highest BCUT2D eigenvalue weighted by molar-refractivity contribution is 9.10. The van der Waals surface area contributed by atoms with Gasteiger partial charge >= 0.3 is 12.1 Å². The number of carbonyl (C=O) groups excluding carboxylic acids is 1. The number of carboxylic acid groups (broad SMARTS) is 1. The molecule has 0 aliphatic heterocycles. The normalized spacial score (nSPS) is 13.2. The van der Waals surface area contributed by atoms with Crippen molar-refractivity contribution in [1.82, 2.24) is 5.32 Å². The first-order chi connectivity index (χ1) is 15.0. The molecule has 5 nitrogen and oxygen atoms in total. The van der Waals surface area contributed by atoms with Crippen LogP contribution in [0.1, 0.15) is 29.0 Å². The Balaban J connectivity index is 1.42. The van der Waals surface area contributed by atoms with E-state index < -0.39 is 18.1 Å². The smallest absolute Gasteiger partial charge is 0.407 e. The Morgan fingerprint density at radius 1 is 0.935 bits per heavy atom. The van der Waals surface area contributed by atoms with Gasteiger partial charge in [0.2, 0.25) is 0 Å². The van der Waals surface area contributed by atoms with Gasteiger partial charge in [0.05, 0.1) is 6.42 Å². The molecule has 0 aromatic heterocycles. The summed E-state index contributed by atoms with van der Waals surface area (Å²) in [5.41, 5.74) is 5.52. The molecule has 1 amide bonds. The third-order valence-corrected chi connectivity index (χ3v) is 6.01. The molecule has 0 saturated carbocycles. The molecule has 0 unspecified atom stereocenters. The molecule has 1 aliphatic rings. The minimum Gasteiger partial charge on any atom is -0.481 e. The number of carbonyl (C=O) groups is 2. The Bertz CT molecular complexity index is 1050. The number of amides is 1. The zero-order valence-electron chi connectivity index (χ0n) is 16.8. The van der Waals surface area contributed by atoms with E-state index in [9.17, 15) is 14.7 Å². The number of nitrogens with one attached hydrogen (secondary N) is 1. The van der Waals surface area contributed by atoms with Crippen molar-refractivity contribution in [3.63, 3.8) is 0 Å². The van der Waals surface area contributed by atoms with Gasteiger partial charge in [0.1, 0.15) is 6.61 Å². The number of alkyl carbamates (subject to hydrolysis) is 1. The number of aliphatic carboxylic acids is 1. The molecule has 0 bridgehead atoms. The summed E-state index contributed by atoms with van der Waals surface area (Å²) in [5, 5.41) is 12.0. The third kappa shape index (κ3) is 4.97. The van der Waals surface area contributed by atoms with E-state index in [0.29, 0.717) is 6.42 Å². The van der Waals surface area contributed by atoms with Crippen molar-refractivity contribution in [2.75, 3.05) is 6.61 Å². The summed E-state index contributed by atoms with van der Waals surface area (Å²) in [4.78, 5) is 23.8. The lowest BCUT2D eigenvalue weighted by atomic mass is 9.98. The van der Waals surface area contributed by atoms with Gasteiger partial charge in [-0.2, -0.15) is 0 Å². The van der Waals surface area contributed by atoms with Crippen molar-refractivity contribution in [2.45, 2.75) is 24.8 Å². The van der Waals surface area contributed by atoms with Crippen LogP contribution >= 0.6 is 15.9 Å². The minimum absolute atomic E-state index is 0.0393. The van der Waals surface area contributed by atoms with Crippen molar-refractivity contribution in [1.29, 1.82) is 0 Å². The topological polar surface area (TPSA) is 75.6 Å². The van der Waals surface area contributed by atoms with Crippen LogP contribution in [0.25, 0.3) is 11.1 Å². The Morgan fingerprint density at radius 3 is 2.10 bits per heavy atom.